The smallest absolute Gasteiger partial charge is 0.232 e. The van der Waals surface area contributed by atoms with E-state index >= 15 is 0 Å². The molecule has 4 heterocycles. The minimum atomic E-state index is -2.49. The zero-order valence-corrected chi connectivity index (χ0v) is 22.3. The maximum atomic E-state index is 13.5. The Labute approximate surface area is 229 Å². The van der Waals surface area contributed by atoms with Gasteiger partial charge in [-0.1, -0.05) is 12.1 Å². The Bertz CT molecular complexity index is 1660. The Balaban J connectivity index is 1.80. The van der Waals surface area contributed by atoms with Crippen LogP contribution in [0.15, 0.2) is 55.0 Å². The molecule has 0 aliphatic rings. The van der Waals surface area contributed by atoms with Crippen LogP contribution in [0.2, 0.25) is 0 Å². The molecule has 5 rings (SSSR count). The minimum Gasteiger partial charge on any atom is -0.494 e. The van der Waals surface area contributed by atoms with Crippen LogP contribution in [-0.4, -0.2) is 64.1 Å². The van der Waals surface area contributed by atoms with Gasteiger partial charge in [-0.25, -0.2) is 38.5 Å². The molecule has 0 bridgehead atoms. The third-order valence-electron chi connectivity index (χ3n) is 5.67. The van der Waals surface area contributed by atoms with Crippen molar-refractivity contribution in [3.8, 4) is 34.6 Å². The lowest BCUT2D eigenvalue weighted by molar-refractivity contribution is 0.327. The van der Waals surface area contributed by atoms with E-state index in [1.54, 1.807) is 41.0 Å². The van der Waals surface area contributed by atoms with Gasteiger partial charge in [0.05, 0.1) is 45.1 Å². The molecule has 0 saturated carbocycles. The van der Waals surface area contributed by atoms with Gasteiger partial charge in [0.1, 0.15) is 28.9 Å². The SMILES string of the molecule is CCOc1cccc(-c2nc3ncc(C(NS(=O)O)c4ncc(F)cn4)nc3n2-c2c(OC)cccc2OC)n1. The summed E-state index contributed by atoms with van der Waals surface area (Å²) in [7, 11) is 3.04. The maximum absolute atomic E-state index is 13.5. The second-order valence-electron chi connectivity index (χ2n) is 8.08. The van der Waals surface area contributed by atoms with Crippen LogP contribution in [0.3, 0.4) is 0 Å². The van der Waals surface area contributed by atoms with E-state index in [0.29, 0.717) is 41.2 Å². The summed E-state index contributed by atoms with van der Waals surface area (Å²) in [5.74, 6) is 0.980. The summed E-state index contributed by atoms with van der Waals surface area (Å²) in [6.07, 6.45) is 3.26. The van der Waals surface area contributed by atoms with Crippen molar-refractivity contribution in [1.29, 1.82) is 0 Å². The van der Waals surface area contributed by atoms with Crippen molar-refractivity contribution in [3.63, 3.8) is 0 Å². The highest BCUT2D eigenvalue weighted by atomic mass is 32.2. The van der Waals surface area contributed by atoms with E-state index in [1.807, 2.05) is 6.92 Å². The highest BCUT2D eigenvalue weighted by molar-refractivity contribution is 7.77. The minimum absolute atomic E-state index is 0.00435. The average Bonchev–Trinajstić information content (AvgIpc) is 3.34. The van der Waals surface area contributed by atoms with Gasteiger partial charge in [0.25, 0.3) is 0 Å². The fourth-order valence-corrected chi connectivity index (χ4v) is 4.45. The van der Waals surface area contributed by atoms with E-state index < -0.39 is 23.1 Å². The second-order valence-corrected chi connectivity index (χ2v) is 8.81. The van der Waals surface area contributed by atoms with Crippen molar-refractivity contribution in [2.24, 2.45) is 0 Å². The first kappa shape index (κ1) is 27.0. The van der Waals surface area contributed by atoms with Gasteiger partial charge in [-0.3, -0.25) is 9.12 Å². The van der Waals surface area contributed by atoms with Crippen LogP contribution < -0.4 is 18.9 Å². The van der Waals surface area contributed by atoms with Crippen molar-refractivity contribution >= 4 is 22.6 Å². The van der Waals surface area contributed by atoms with Crippen LogP contribution >= 0.6 is 0 Å². The van der Waals surface area contributed by atoms with Gasteiger partial charge < -0.3 is 14.2 Å². The van der Waals surface area contributed by atoms with Gasteiger partial charge in [0.2, 0.25) is 17.1 Å². The molecule has 206 valence electrons. The number of pyridine rings is 1. The van der Waals surface area contributed by atoms with Crippen LogP contribution in [0.4, 0.5) is 4.39 Å². The molecule has 4 aromatic heterocycles. The Morgan fingerprint density at radius 1 is 1.00 bits per heavy atom. The van der Waals surface area contributed by atoms with E-state index in [1.165, 1.54) is 20.4 Å². The third kappa shape index (κ3) is 5.29. The summed E-state index contributed by atoms with van der Waals surface area (Å²) in [6, 6.07) is 9.43. The van der Waals surface area contributed by atoms with Crippen molar-refractivity contribution in [2.75, 3.05) is 20.8 Å². The van der Waals surface area contributed by atoms with Gasteiger partial charge >= 0.3 is 0 Å². The molecule has 5 aromatic rings. The lowest BCUT2D eigenvalue weighted by Gasteiger charge is -2.17. The summed E-state index contributed by atoms with van der Waals surface area (Å²) in [4.78, 5) is 26.4. The topological polar surface area (TPSA) is 159 Å². The first-order valence-corrected chi connectivity index (χ1v) is 13.0. The molecule has 2 unspecified atom stereocenters. The predicted octanol–water partition coefficient (Wildman–Crippen LogP) is 3.04. The number of rotatable bonds is 10. The van der Waals surface area contributed by atoms with E-state index in [-0.39, 0.29) is 22.8 Å². The molecular weight excluding hydrogens is 543 g/mol. The van der Waals surface area contributed by atoms with E-state index in [9.17, 15) is 13.2 Å². The molecule has 0 radical (unpaired) electrons. The number of methoxy groups -OCH3 is 2. The Kier molecular flexibility index (Phi) is 7.86. The highest BCUT2D eigenvalue weighted by Gasteiger charge is 2.27. The molecule has 0 spiro atoms. The van der Waals surface area contributed by atoms with Crippen molar-refractivity contribution in [3.05, 3.63) is 72.3 Å². The zero-order chi connectivity index (χ0) is 28.2. The van der Waals surface area contributed by atoms with Gasteiger partial charge in [-0.2, -0.15) is 4.72 Å². The molecule has 15 heteroatoms. The van der Waals surface area contributed by atoms with Gasteiger partial charge in [-0.05, 0) is 25.1 Å². The Morgan fingerprint density at radius 2 is 1.70 bits per heavy atom. The summed E-state index contributed by atoms with van der Waals surface area (Å²) in [5.41, 5.74) is 1.57. The fourth-order valence-electron chi connectivity index (χ4n) is 4.03. The molecule has 2 N–H and O–H groups in total. The maximum Gasteiger partial charge on any atom is 0.232 e. The molecule has 0 aliphatic carbocycles. The summed E-state index contributed by atoms with van der Waals surface area (Å²) < 4.78 is 55.9. The first-order valence-electron chi connectivity index (χ1n) is 11.8. The third-order valence-corrected chi connectivity index (χ3v) is 6.11. The number of hydrogen-bond donors (Lipinski definition) is 2. The zero-order valence-electron chi connectivity index (χ0n) is 21.5. The number of nitrogens with zero attached hydrogens (tertiary/aromatic N) is 7. The Hall–Kier alpha value is -4.60. The first-order chi connectivity index (χ1) is 19.4. The molecule has 0 amide bonds. The molecule has 0 saturated heterocycles. The lowest BCUT2D eigenvalue weighted by atomic mass is 10.2. The van der Waals surface area contributed by atoms with E-state index in [0.717, 1.165) is 12.4 Å². The number of halogens is 1. The molecule has 13 nitrogen and oxygen atoms in total. The van der Waals surface area contributed by atoms with Gasteiger partial charge in [0, 0.05) is 6.07 Å². The second kappa shape index (κ2) is 11.6. The number of benzene rings is 1. The molecule has 1 aromatic carbocycles. The molecule has 0 aliphatic heterocycles. The van der Waals surface area contributed by atoms with Gasteiger partial charge in [0.15, 0.2) is 28.8 Å². The monoisotopic (exact) mass is 566 g/mol. The number of aromatic nitrogens is 7. The normalized spacial score (nSPS) is 12.7. The van der Waals surface area contributed by atoms with Crippen LogP contribution in [0, 0.1) is 5.82 Å². The summed E-state index contributed by atoms with van der Waals surface area (Å²) >= 11 is -2.49. The standard InChI is InChI=1S/C25H23FN8O5S/c1-4-39-19-10-5-7-15(30-19)24-32-23-25(34(24)21-17(37-2)8-6-9-18(21)38-3)31-16(13-29-23)20(33-40(35)36)22-27-11-14(26)12-28-22/h5-13,20,33H,4H2,1-3H3,(H,35,36). The molecule has 0 fully saturated rings. The van der Waals surface area contributed by atoms with Crippen molar-refractivity contribution in [2.45, 2.75) is 13.0 Å². The number of imidazole rings is 1. The fraction of sp³-hybridized carbons (Fsp3) is 0.200. The number of para-hydroxylation sites is 1. The van der Waals surface area contributed by atoms with E-state index in [2.05, 4.69) is 24.7 Å². The summed E-state index contributed by atoms with van der Waals surface area (Å²) in [5, 5.41) is 0. The number of fused-ring (bicyclic) bond motifs is 1. The summed E-state index contributed by atoms with van der Waals surface area (Å²) in [6.45, 7) is 2.28. The van der Waals surface area contributed by atoms with Crippen molar-refractivity contribution in [1.82, 2.24) is 39.2 Å². The average molecular weight is 567 g/mol. The Morgan fingerprint density at radius 3 is 2.35 bits per heavy atom. The van der Waals surface area contributed by atoms with Gasteiger partial charge in [-0.15, -0.1) is 0 Å². The van der Waals surface area contributed by atoms with E-state index in [4.69, 9.17) is 24.2 Å². The highest BCUT2D eigenvalue weighted by Crippen LogP contribution is 2.38. The predicted molar refractivity (Wildman–Crippen MR) is 142 cm³/mol. The number of nitrogens with one attached hydrogen (secondary N) is 1. The quantitative estimate of drug-likeness (QED) is 0.239. The number of hydrogen-bond acceptors (Lipinski definition) is 10. The van der Waals surface area contributed by atoms with Crippen LogP contribution in [-0.2, 0) is 11.3 Å². The van der Waals surface area contributed by atoms with Crippen molar-refractivity contribution < 1.29 is 27.4 Å². The number of ether oxygens (including phenoxy) is 3. The van der Waals surface area contributed by atoms with Crippen LogP contribution in [0.1, 0.15) is 24.5 Å². The molecule has 40 heavy (non-hydrogen) atoms. The lowest BCUT2D eigenvalue weighted by Crippen LogP contribution is -2.27. The molecule has 2 atom stereocenters. The largest absolute Gasteiger partial charge is 0.494 e. The van der Waals surface area contributed by atoms with Crippen LogP contribution in [0.25, 0.3) is 28.5 Å². The molecular formula is C25H23FN8O5S. The van der Waals surface area contributed by atoms with Crippen LogP contribution in [0.5, 0.6) is 17.4 Å².